The first-order valence-corrected chi connectivity index (χ1v) is 9.78. The second kappa shape index (κ2) is 10.3. The summed E-state index contributed by atoms with van der Waals surface area (Å²) >= 11 is 8.68. The van der Waals surface area contributed by atoms with Crippen LogP contribution in [0.2, 0.25) is 0 Å². The highest BCUT2D eigenvalue weighted by atomic mass is 79.9. The topological polar surface area (TPSA) is 59.6 Å². The molecule has 1 amide bonds. The Hall–Kier alpha value is -2.12. The Balaban J connectivity index is 1.97. The number of hydrogen-bond acceptors (Lipinski definition) is 4. The number of para-hydroxylation sites is 2. The summed E-state index contributed by atoms with van der Waals surface area (Å²) in [6.07, 6.45) is 0.970. The molecule has 5 nitrogen and oxygen atoms in total. The fourth-order valence-corrected chi connectivity index (χ4v) is 2.94. The van der Waals surface area contributed by atoms with Gasteiger partial charge in [-0.05, 0) is 70.8 Å². The molecular formula is C20H23BrN2O3S. The van der Waals surface area contributed by atoms with Crippen LogP contribution in [-0.2, 0) is 0 Å². The molecule has 0 saturated carbocycles. The SMILES string of the molecule is COc1ccccc1NC(=S)NC(=O)c1ccc(OCCC(C)C)c(Br)c1. The van der Waals surface area contributed by atoms with Gasteiger partial charge in [-0.3, -0.25) is 10.1 Å². The maximum absolute atomic E-state index is 12.4. The summed E-state index contributed by atoms with van der Waals surface area (Å²) in [5.41, 5.74) is 1.16. The highest BCUT2D eigenvalue weighted by molar-refractivity contribution is 9.10. The lowest BCUT2D eigenvalue weighted by Gasteiger charge is -2.13. The summed E-state index contributed by atoms with van der Waals surface area (Å²) in [5, 5.41) is 5.82. The number of amides is 1. The van der Waals surface area contributed by atoms with Gasteiger partial charge in [0.1, 0.15) is 11.5 Å². The first-order chi connectivity index (χ1) is 12.9. The summed E-state index contributed by atoms with van der Waals surface area (Å²) in [6, 6.07) is 12.5. The van der Waals surface area contributed by atoms with E-state index in [1.54, 1.807) is 25.3 Å². The Kier molecular flexibility index (Phi) is 8.06. The van der Waals surface area contributed by atoms with Gasteiger partial charge in [0.25, 0.3) is 5.91 Å². The van der Waals surface area contributed by atoms with Crippen LogP contribution >= 0.6 is 28.1 Å². The Bertz CT molecular complexity index is 812. The summed E-state index contributed by atoms with van der Waals surface area (Å²) in [5.74, 6) is 1.61. The molecule has 0 heterocycles. The number of thiocarbonyl (C=S) groups is 1. The van der Waals surface area contributed by atoms with E-state index in [-0.39, 0.29) is 11.0 Å². The Morgan fingerprint density at radius 2 is 1.93 bits per heavy atom. The highest BCUT2D eigenvalue weighted by Gasteiger charge is 2.12. The van der Waals surface area contributed by atoms with Gasteiger partial charge in [0.2, 0.25) is 0 Å². The molecule has 0 unspecified atom stereocenters. The van der Waals surface area contributed by atoms with E-state index in [2.05, 4.69) is 40.4 Å². The minimum atomic E-state index is -0.308. The zero-order chi connectivity index (χ0) is 19.8. The summed E-state index contributed by atoms with van der Waals surface area (Å²) in [7, 11) is 1.57. The number of carbonyl (C=O) groups excluding carboxylic acids is 1. The number of nitrogens with one attached hydrogen (secondary N) is 2. The largest absolute Gasteiger partial charge is 0.495 e. The molecule has 0 spiro atoms. The third-order valence-electron chi connectivity index (χ3n) is 3.73. The van der Waals surface area contributed by atoms with E-state index in [1.165, 1.54) is 0 Å². The zero-order valence-corrected chi connectivity index (χ0v) is 17.9. The second-order valence-electron chi connectivity index (χ2n) is 6.28. The van der Waals surface area contributed by atoms with E-state index < -0.39 is 0 Å². The number of rotatable bonds is 7. The monoisotopic (exact) mass is 450 g/mol. The molecule has 0 atom stereocenters. The minimum Gasteiger partial charge on any atom is -0.495 e. The van der Waals surface area contributed by atoms with E-state index in [9.17, 15) is 4.79 Å². The van der Waals surface area contributed by atoms with Crippen molar-refractivity contribution in [2.24, 2.45) is 5.92 Å². The van der Waals surface area contributed by atoms with Crippen molar-refractivity contribution in [3.63, 3.8) is 0 Å². The molecule has 0 aliphatic heterocycles. The van der Waals surface area contributed by atoms with E-state index in [4.69, 9.17) is 21.7 Å². The van der Waals surface area contributed by atoms with Gasteiger partial charge in [-0.2, -0.15) is 0 Å². The maximum atomic E-state index is 12.4. The van der Waals surface area contributed by atoms with Gasteiger partial charge in [0.15, 0.2) is 5.11 Å². The van der Waals surface area contributed by atoms with Crippen LogP contribution in [-0.4, -0.2) is 24.7 Å². The van der Waals surface area contributed by atoms with E-state index in [0.29, 0.717) is 35.3 Å². The van der Waals surface area contributed by atoms with Crippen LogP contribution in [0.3, 0.4) is 0 Å². The molecule has 0 fully saturated rings. The maximum Gasteiger partial charge on any atom is 0.257 e. The van der Waals surface area contributed by atoms with Crippen molar-refractivity contribution in [2.75, 3.05) is 19.0 Å². The molecule has 27 heavy (non-hydrogen) atoms. The average Bonchev–Trinajstić information content (AvgIpc) is 2.63. The molecule has 144 valence electrons. The number of hydrogen-bond donors (Lipinski definition) is 2. The van der Waals surface area contributed by atoms with E-state index in [0.717, 1.165) is 10.9 Å². The lowest BCUT2D eigenvalue weighted by atomic mass is 10.1. The fourth-order valence-electron chi connectivity index (χ4n) is 2.24. The molecule has 0 aliphatic carbocycles. The lowest BCUT2D eigenvalue weighted by Crippen LogP contribution is -2.34. The van der Waals surface area contributed by atoms with Crippen LogP contribution in [0.15, 0.2) is 46.9 Å². The highest BCUT2D eigenvalue weighted by Crippen LogP contribution is 2.27. The van der Waals surface area contributed by atoms with Crippen molar-refractivity contribution in [2.45, 2.75) is 20.3 Å². The molecule has 2 aromatic rings. The van der Waals surface area contributed by atoms with Gasteiger partial charge in [0, 0.05) is 5.56 Å². The molecule has 0 bridgehead atoms. The van der Waals surface area contributed by atoms with E-state index >= 15 is 0 Å². The molecule has 2 aromatic carbocycles. The van der Waals surface area contributed by atoms with Crippen LogP contribution in [0.1, 0.15) is 30.6 Å². The van der Waals surface area contributed by atoms with Crippen LogP contribution in [0.4, 0.5) is 5.69 Å². The van der Waals surface area contributed by atoms with Crippen molar-refractivity contribution in [1.29, 1.82) is 0 Å². The first-order valence-electron chi connectivity index (χ1n) is 8.58. The molecule has 2 N–H and O–H groups in total. The third kappa shape index (κ3) is 6.52. The van der Waals surface area contributed by atoms with Crippen molar-refractivity contribution in [3.05, 3.63) is 52.5 Å². The van der Waals surface area contributed by atoms with E-state index in [1.807, 2.05) is 24.3 Å². The lowest BCUT2D eigenvalue weighted by molar-refractivity contribution is 0.0977. The Morgan fingerprint density at radius 3 is 2.59 bits per heavy atom. The van der Waals surface area contributed by atoms with Crippen LogP contribution in [0.25, 0.3) is 0 Å². The van der Waals surface area contributed by atoms with Crippen molar-refractivity contribution in [3.8, 4) is 11.5 Å². The Labute approximate surface area is 173 Å². The second-order valence-corrected chi connectivity index (χ2v) is 7.55. The van der Waals surface area contributed by atoms with Crippen LogP contribution in [0.5, 0.6) is 11.5 Å². The third-order valence-corrected chi connectivity index (χ3v) is 4.55. The molecule has 0 saturated heterocycles. The fraction of sp³-hybridized carbons (Fsp3) is 0.300. The molecule has 7 heteroatoms. The average molecular weight is 451 g/mol. The summed E-state index contributed by atoms with van der Waals surface area (Å²) in [4.78, 5) is 12.4. The minimum absolute atomic E-state index is 0.192. The quantitative estimate of drug-likeness (QED) is 0.580. The van der Waals surface area contributed by atoms with Gasteiger partial charge in [-0.1, -0.05) is 26.0 Å². The molecule has 2 rings (SSSR count). The standard InChI is InChI=1S/C20H23BrN2O3S/c1-13(2)10-11-26-17-9-8-14(12-15(17)21)19(24)23-20(27)22-16-6-4-5-7-18(16)25-3/h4-9,12-13H,10-11H2,1-3H3,(H2,22,23,24,27). The number of methoxy groups -OCH3 is 1. The normalized spacial score (nSPS) is 10.4. The van der Waals surface area contributed by atoms with Gasteiger partial charge in [0.05, 0.1) is 23.9 Å². The van der Waals surface area contributed by atoms with Gasteiger partial charge in [-0.15, -0.1) is 0 Å². The van der Waals surface area contributed by atoms with Gasteiger partial charge < -0.3 is 14.8 Å². The number of ether oxygens (including phenoxy) is 2. The number of anilines is 1. The summed E-state index contributed by atoms with van der Waals surface area (Å²) < 4.78 is 11.7. The van der Waals surface area contributed by atoms with Crippen molar-refractivity contribution < 1.29 is 14.3 Å². The smallest absolute Gasteiger partial charge is 0.257 e. The number of halogens is 1. The number of carbonyl (C=O) groups is 1. The first kappa shape index (κ1) is 21.2. The predicted octanol–water partition coefficient (Wildman–Crippen LogP) is 5.01. The Morgan fingerprint density at radius 1 is 1.19 bits per heavy atom. The zero-order valence-electron chi connectivity index (χ0n) is 15.5. The number of benzene rings is 2. The molecule has 0 aliphatic rings. The molecule has 0 aromatic heterocycles. The van der Waals surface area contributed by atoms with Crippen molar-refractivity contribution >= 4 is 44.9 Å². The predicted molar refractivity (Wildman–Crippen MR) is 116 cm³/mol. The summed E-state index contributed by atoms with van der Waals surface area (Å²) in [6.45, 7) is 4.93. The van der Waals surface area contributed by atoms with Gasteiger partial charge >= 0.3 is 0 Å². The van der Waals surface area contributed by atoms with Crippen LogP contribution < -0.4 is 20.1 Å². The molecular weight excluding hydrogens is 428 g/mol. The van der Waals surface area contributed by atoms with Crippen LogP contribution in [0, 0.1) is 5.92 Å². The van der Waals surface area contributed by atoms with Crippen molar-refractivity contribution in [1.82, 2.24) is 5.32 Å². The molecule has 0 radical (unpaired) electrons. The van der Waals surface area contributed by atoms with Gasteiger partial charge in [-0.25, -0.2) is 0 Å².